The SMILES string of the molecule is COc1ccc(CNC2COc3ccccc32)cc1C#N. The summed E-state index contributed by atoms with van der Waals surface area (Å²) in [5.74, 6) is 1.55. The molecule has 0 aromatic heterocycles. The highest BCUT2D eigenvalue weighted by molar-refractivity contribution is 5.45. The highest BCUT2D eigenvalue weighted by Crippen LogP contribution is 2.31. The van der Waals surface area contributed by atoms with Crippen LogP contribution in [0.3, 0.4) is 0 Å². The monoisotopic (exact) mass is 280 g/mol. The Bertz CT molecular complexity index is 691. The highest BCUT2D eigenvalue weighted by atomic mass is 16.5. The molecule has 0 fully saturated rings. The van der Waals surface area contributed by atoms with Crippen molar-refractivity contribution in [3.63, 3.8) is 0 Å². The summed E-state index contributed by atoms with van der Waals surface area (Å²) in [5.41, 5.74) is 2.79. The minimum atomic E-state index is 0.189. The van der Waals surface area contributed by atoms with Crippen molar-refractivity contribution in [3.8, 4) is 17.6 Å². The van der Waals surface area contributed by atoms with Gasteiger partial charge in [0.2, 0.25) is 0 Å². The molecular formula is C17H16N2O2. The standard InChI is InChI=1S/C17H16N2O2/c1-20-16-7-6-12(8-13(16)9-18)10-19-15-11-21-17-5-3-2-4-14(15)17/h2-8,15,19H,10-11H2,1H3. The zero-order valence-corrected chi connectivity index (χ0v) is 11.8. The van der Waals surface area contributed by atoms with Crippen LogP contribution in [0.5, 0.6) is 11.5 Å². The van der Waals surface area contributed by atoms with Gasteiger partial charge in [0.15, 0.2) is 0 Å². The molecule has 3 rings (SSSR count). The predicted octanol–water partition coefficient (Wildman–Crippen LogP) is 2.79. The lowest BCUT2D eigenvalue weighted by Gasteiger charge is -2.12. The number of nitriles is 1. The number of para-hydroxylation sites is 1. The molecule has 0 amide bonds. The Morgan fingerprint density at radius 1 is 1.33 bits per heavy atom. The maximum atomic E-state index is 9.11. The maximum absolute atomic E-state index is 9.11. The van der Waals surface area contributed by atoms with Crippen molar-refractivity contribution in [3.05, 3.63) is 59.2 Å². The molecule has 1 N–H and O–H groups in total. The van der Waals surface area contributed by atoms with E-state index in [2.05, 4.69) is 17.5 Å². The van der Waals surface area contributed by atoms with Crippen molar-refractivity contribution >= 4 is 0 Å². The smallest absolute Gasteiger partial charge is 0.136 e. The van der Waals surface area contributed by atoms with Gasteiger partial charge in [-0.3, -0.25) is 0 Å². The molecule has 4 nitrogen and oxygen atoms in total. The van der Waals surface area contributed by atoms with Gasteiger partial charge in [-0.25, -0.2) is 0 Å². The van der Waals surface area contributed by atoms with E-state index in [1.54, 1.807) is 7.11 Å². The summed E-state index contributed by atoms with van der Waals surface area (Å²) < 4.78 is 10.8. The molecule has 4 heteroatoms. The Balaban J connectivity index is 1.71. The molecule has 0 bridgehead atoms. The number of ether oxygens (including phenoxy) is 2. The van der Waals surface area contributed by atoms with Crippen molar-refractivity contribution < 1.29 is 9.47 Å². The lowest BCUT2D eigenvalue weighted by Crippen LogP contribution is -2.22. The van der Waals surface area contributed by atoms with Crippen LogP contribution in [0.1, 0.15) is 22.7 Å². The van der Waals surface area contributed by atoms with Gasteiger partial charge in [0.1, 0.15) is 24.2 Å². The van der Waals surface area contributed by atoms with Crippen LogP contribution in [0.4, 0.5) is 0 Å². The molecule has 106 valence electrons. The van der Waals surface area contributed by atoms with Crippen LogP contribution in [0.15, 0.2) is 42.5 Å². The Morgan fingerprint density at radius 3 is 3.00 bits per heavy atom. The topological polar surface area (TPSA) is 54.3 Å². The summed E-state index contributed by atoms with van der Waals surface area (Å²) in [4.78, 5) is 0. The average molecular weight is 280 g/mol. The number of hydrogen-bond donors (Lipinski definition) is 1. The predicted molar refractivity (Wildman–Crippen MR) is 79.2 cm³/mol. The molecule has 1 atom stereocenters. The number of nitrogens with zero attached hydrogens (tertiary/aromatic N) is 1. The third kappa shape index (κ3) is 2.69. The first-order valence-electron chi connectivity index (χ1n) is 6.84. The first-order valence-corrected chi connectivity index (χ1v) is 6.84. The number of fused-ring (bicyclic) bond motifs is 1. The quantitative estimate of drug-likeness (QED) is 0.935. The summed E-state index contributed by atoms with van der Waals surface area (Å²) in [6, 6.07) is 16.0. The van der Waals surface area contributed by atoms with E-state index in [1.807, 2.05) is 36.4 Å². The molecule has 0 spiro atoms. The number of nitrogens with one attached hydrogen (secondary N) is 1. The molecule has 2 aromatic carbocycles. The van der Waals surface area contributed by atoms with Gasteiger partial charge in [-0.2, -0.15) is 5.26 Å². The number of methoxy groups -OCH3 is 1. The molecule has 1 heterocycles. The molecule has 1 unspecified atom stereocenters. The molecular weight excluding hydrogens is 264 g/mol. The molecule has 1 aliphatic heterocycles. The molecule has 0 saturated carbocycles. The van der Waals surface area contributed by atoms with E-state index in [4.69, 9.17) is 14.7 Å². The second kappa shape index (κ2) is 5.86. The lowest BCUT2D eigenvalue weighted by molar-refractivity contribution is 0.310. The van der Waals surface area contributed by atoms with Gasteiger partial charge in [-0.1, -0.05) is 24.3 Å². The first kappa shape index (κ1) is 13.5. The van der Waals surface area contributed by atoms with Gasteiger partial charge in [0.05, 0.1) is 18.7 Å². The van der Waals surface area contributed by atoms with E-state index in [9.17, 15) is 0 Å². The fraction of sp³-hybridized carbons (Fsp3) is 0.235. The average Bonchev–Trinajstić information content (AvgIpc) is 2.96. The van der Waals surface area contributed by atoms with Crippen LogP contribution in [0.2, 0.25) is 0 Å². The third-order valence-electron chi connectivity index (χ3n) is 3.64. The molecule has 0 saturated heterocycles. The van der Waals surface area contributed by atoms with Crippen molar-refractivity contribution in [1.29, 1.82) is 5.26 Å². The Kier molecular flexibility index (Phi) is 3.76. The number of hydrogen-bond acceptors (Lipinski definition) is 4. The van der Waals surface area contributed by atoms with Gasteiger partial charge >= 0.3 is 0 Å². The largest absolute Gasteiger partial charge is 0.495 e. The van der Waals surface area contributed by atoms with E-state index in [0.29, 0.717) is 24.5 Å². The van der Waals surface area contributed by atoms with Crippen LogP contribution in [0.25, 0.3) is 0 Å². The number of rotatable bonds is 4. The zero-order chi connectivity index (χ0) is 14.7. The van der Waals surface area contributed by atoms with E-state index in [0.717, 1.165) is 11.3 Å². The van der Waals surface area contributed by atoms with Gasteiger partial charge < -0.3 is 14.8 Å². The van der Waals surface area contributed by atoms with Crippen LogP contribution < -0.4 is 14.8 Å². The second-order valence-corrected chi connectivity index (χ2v) is 4.93. The highest BCUT2D eigenvalue weighted by Gasteiger charge is 2.22. The maximum Gasteiger partial charge on any atom is 0.136 e. The summed E-state index contributed by atoms with van der Waals surface area (Å²) in [5, 5.41) is 12.6. The van der Waals surface area contributed by atoms with E-state index < -0.39 is 0 Å². The molecule has 0 radical (unpaired) electrons. The minimum Gasteiger partial charge on any atom is -0.495 e. The summed E-state index contributed by atoms with van der Waals surface area (Å²) in [6.45, 7) is 1.32. The van der Waals surface area contributed by atoms with Crippen LogP contribution in [-0.4, -0.2) is 13.7 Å². The van der Waals surface area contributed by atoms with Crippen molar-refractivity contribution in [2.45, 2.75) is 12.6 Å². The Hall–Kier alpha value is -2.51. The van der Waals surface area contributed by atoms with Gasteiger partial charge in [0.25, 0.3) is 0 Å². The number of benzene rings is 2. The molecule has 2 aromatic rings. The minimum absolute atomic E-state index is 0.189. The summed E-state index contributed by atoms with van der Waals surface area (Å²) >= 11 is 0. The third-order valence-corrected chi connectivity index (χ3v) is 3.64. The van der Waals surface area contributed by atoms with Crippen LogP contribution in [0, 0.1) is 11.3 Å². The van der Waals surface area contributed by atoms with Crippen LogP contribution in [-0.2, 0) is 6.54 Å². The zero-order valence-electron chi connectivity index (χ0n) is 11.8. The second-order valence-electron chi connectivity index (χ2n) is 4.93. The summed E-state index contributed by atoms with van der Waals surface area (Å²) in [6.07, 6.45) is 0. The summed E-state index contributed by atoms with van der Waals surface area (Å²) in [7, 11) is 1.57. The fourth-order valence-electron chi connectivity index (χ4n) is 2.53. The van der Waals surface area contributed by atoms with Crippen LogP contribution >= 0.6 is 0 Å². The molecule has 1 aliphatic rings. The molecule has 0 aliphatic carbocycles. The lowest BCUT2D eigenvalue weighted by atomic mass is 10.1. The van der Waals surface area contributed by atoms with E-state index >= 15 is 0 Å². The normalized spacial score (nSPS) is 15.9. The first-order chi connectivity index (χ1) is 10.3. The van der Waals surface area contributed by atoms with Crippen molar-refractivity contribution in [2.24, 2.45) is 0 Å². The van der Waals surface area contributed by atoms with Gasteiger partial charge in [0, 0.05) is 12.1 Å². The molecule has 21 heavy (non-hydrogen) atoms. The van der Waals surface area contributed by atoms with Crippen molar-refractivity contribution in [1.82, 2.24) is 5.32 Å². The van der Waals surface area contributed by atoms with Gasteiger partial charge in [-0.15, -0.1) is 0 Å². The Labute approximate surface area is 123 Å². The fourth-order valence-corrected chi connectivity index (χ4v) is 2.53. The van der Waals surface area contributed by atoms with Crippen molar-refractivity contribution in [2.75, 3.05) is 13.7 Å². The Morgan fingerprint density at radius 2 is 2.19 bits per heavy atom. The van der Waals surface area contributed by atoms with E-state index in [-0.39, 0.29) is 6.04 Å². The van der Waals surface area contributed by atoms with Gasteiger partial charge in [-0.05, 0) is 23.8 Å². The van der Waals surface area contributed by atoms with E-state index in [1.165, 1.54) is 5.56 Å².